The summed E-state index contributed by atoms with van der Waals surface area (Å²) in [6.07, 6.45) is -0.973. The van der Waals surface area contributed by atoms with E-state index in [2.05, 4.69) is 5.16 Å². The third-order valence-corrected chi connectivity index (χ3v) is 5.09. The fourth-order valence-corrected chi connectivity index (χ4v) is 3.71. The van der Waals surface area contributed by atoms with E-state index in [1.165, 1.54) is 12.0 Å². The summed E-state index contributed by atoms with van der Waals surface area (Å²) < 4.78 is 10.7. The molecular weight excluding hydrogens is 360 g/mol. The molecule has 0 bridgehead atoms. The summed E-state index contributed by atoms with van der Waals surface area (Å²) in [5.41, 5.74) is 3.40. The maximum Gasteiger partial charge on any atom is 0.278 e. The monoisotopic (exact) mass is 380 g/mol. The number of rotatable bonds is 4. The molecule has 2 unspecified atom stereocenters. The van der Waals surface area contributed by atoms with Crippen molar-refractivity contribution in [3.05, 3.63) is 53.1 Å². The van der Waals surface area contributed by atoms with E-state index < -0.39 is 17.9 Å². The highest BCUT2D eigenvalue weighted by Crippen LogP contribution is 2.38. The first-order chi connectivity index (χ1) is 13.5. The number of nitrogens with zero attached hydrogens (tertiary/aromatic N) is 2. The highest BCUT2D eigenvalue weighted by Gasteiger charge is 2.56. The van der Waals surface area contributed by atoms with Gasteiger partial charge in [-0.3, -0.25) is 9.59 Å². The number of fused-ring (bicyclic) bond motifs is 1. The average molecular weight is 380 g/mol. The Morgan fingerprint density at radius 1 is 1.00 bits per heavy atom. The molecule has 28 heavy (non-hydrogen) atoms. The number of ether oxygens (including phenoxy) is 2. The van der Waals surface area contributed by atoms with E-state index in [-0.39, 0.29) is 5.91 Å². The van der Waals surface area contributed by atoms with E-state index in [9.17, 15) is 9.59 Å². The van der Waals surface area contributed by atoms with Gasteiger partial charge < -0.3 is 14.3 Å². The summed E-state index contributed by atoms with van der Waals surface area (Å²) in [7, 11) is 3.08. The number of imide groups is 1. The lowest BCUT2D eigenvalue weighted by atomic mass is 9.93. The Kier molecular flexibility index (Phi) is 4.30. The van der Waals surface area contributed by atoms with Crippen LogP contribution in [0, 0.1) is 19.8 Å². The van der Waals surface area contributed by atoms with E-state index in [1.807, 2.05) is 26.0 Å². The summed E-state index contributed by atoms with van der Waals surface area (Å²) in [6.45, 7) is 3.83. The SMILES string of the molecule is COc1ccc(OC)c(C2=NOC3C(=O)N(c4ccc(C)cc4C)C(=O)C23)c1. The highest BCUT2D eigenvalue weighted by atomic mass is 16.7. The number of carbonyl (C=O) groups excluding carboxylic acids is 2. The highest BCUT2D eigenvalue weighted by molar-refractivity contribution is 6.33. The van der Waals surface area contributed by atoms with Crippen molar-refractivity contribution >= 4 is 23.2 Å². The minimum atomic E-state index is -0.973. The molecule has 4 rings (SSSR count). The Morgan fingerprint density at radius 3 is 2.46 bits per heavy atom. The number of hydrogen-bond donors (Lipinski definition) is 0. The molecule has 7 nitrogen and oxygen atoms in total. The number of amides is 2. The van der Waals surface area contributed by atoms with Crippen LogP contribution in [-0.2, 0) is 14.4 Å². The van der Waals surface area contributed by atoms with Crippen LogP contribution < -0.4 is 14.4 Å². The molecule has 0 saturated carbocycles. The predicted octanol–water partition coefficient (Wildman–Crippen LogP) is 2.61. The molecule has 0 aliphatic carbocycles. The Morgan fingerprint density at radius 2 is 1.79 bits per heavy atom. The summed E-state index contributed by atoms with van der Waals surface area (Å²) >= 11 is 0. The fourth-order valence-electron chi connectivity index (χ4n) is 3.71. The molecule has 1 fully saturated rings. The molecule has 0 aromatic heterocycles. The normalized spacial score (nSPS) is 20.7. The zero-order valence-corrected chi connectivity index (χ0v) is 16.1. The smallest absolute Gasteiger partial charge is 0.278 e. The van der Waals surface area contributed by atoms with Crippen LogP contribution in [0.25, 0.3) is 0 Å². The average Bonchev–Trinajstić information content (AvgIpc) is 3.22. The van der Waals surface area contributed by atoms with Crippen molar-refractivity contribution in [1.82, 2.24) is 0 Å². The molecule has 0 N–H and O–H groups in total. The number of carbonyl (C=O) groups is 2. The van der Waals surface area contributed by atoms with Gasteiger partial charge in [0.2, 0.25) is 12.0 Å². The van der Waals surface area contributed by atoms with E-state index >= 15 is 0 Å². The van der Waals surface area contributed by atoms with Gasteiger partial charge in [-0.15, -0.1) is 0 Å². The van der Waals surface area contributed by atoms with Gasteiger partial charge in [0.05, 0.1) is 19.9 Å². The molecule has 2 aromatic rings. The maximum absolute atomic E-state index is 13.2. The molecule has 0 radical (unpaired) electrons. The largest absolute Gasteiger partial charge is 0.497 e. The van der Waals surface area contributed by atoms with Crippen LogP contribution in [0.15, 0.2) is 41.6 Å². The number of oxime groups is 1. The van der Waals surface area contributed by atoms with Gasteiger partial charge in [0.1, 0.15) is 23.1 Å². The van der Waals surface area contributed by atoms with Crippen LogP contribution in [0.5, 0.6) is 11.5 Å². The number of methoxy groups -OCH3 is 2. The van der Waals surface area contributed by atoms with Crippen LogP contribution in [0.2, 0.25) is 0 Å². The zero-order valence-electron chi connectivity index (χ0n) is 16.1. The maximum atomic E-state index is 13.2. The van der Waals surface area contributed by atoms with Crippen molar-refractivity contribution in [3.63, 3.8) is 0 Å². The number of aryl methyl sites for hydroxylation is 2. The van der Waals surface area contributed by atoms with Gasteiger partial charge in [0, 0.05) is 5.56 Å². The van der Waals surface area contributed by atoms with Crippen molar-refractivity contribution in [2.45, 2.75) is 20.0 Å². The molecule has 2 aliphatic heterocycles. The summed E-state index contributed by atoms with van der Waals surface area (Å²) in [5, 5.41) is 4.05. The van der Waals surface area contributed by atoms with Gasteiger partial charge in [0.25, 0.3) is 5.91 Å². The molecule has 2 aliphatic rings. The molecular formula is C21H20N2O5. The zero-order chi connectivity index (χ0) is 20.0. The van der Waals surface area contributed by atoms with E-state index in [1.54, 1.807) is 31.4 Å². The summed E-state index contributed by atoms with van der Waals surface area (Å²) in [5.74, 6) is -0.487. The Bertz CT molecular complexity index is 1010. The van der Waals surface area contributed by atoms with Gasteiger partial charge in [0.15, 0.2) is 0 Å². The first-order valence-electron chi connectivity index (χ1n) is 8.87. The first-order valence-corrected chi connectivity index (χ1v) is 8.87. The molecule has 1 saturated heterocycles. The van der Waals surface area contributed by atoms with Gasteiger partial charge in [-0.2, -0.15) is 0 Å². The molecule has 2 atom stereocenters. The molecule has 2 aromatic carbocycles. The second kappa shape index (κ2) is 6.67. The standard InChI is InChI=1S/C21H20N2O5/c1-11-5-7-15(12(2)9-11)23-20(24)17-18(22-28-19(17)21(23)25)14-10-13(26-3)6-8-16(14)27-4/h5-10,17,19H,1-4H3. The second-order valence-electron chi connectivity index (χ2n) is 6.85. The fraction of sp³-hybridized carbons (Fsp3) is 0.286. The van der Waals surface area contributed by atoms with Gasteiger partial charge in [-0.1, -0.05) is 22.9 Å². The van der Waals surface area contributed by atoms with Crippen LogP contribution in [0.4, 0.5) is 5.69 Å². The lowest BCUT2D eigenvalue weighted by molar-refractivity contribution is -0.126. The van der Waals surface area contributed by atoms with Gasteiger partial charge >= 0.3 is 0 Å². The Balaban J connectivity index is 1.75. The van der Waals surface area contributed by atoms with Crippen molar-refractivity contribution in [2.75, 3.05) is 19.1 Å². The van der Waals surface area contributed by atoms with Crippen molar-refractivity contribution in [1.29, 1.82) is 0 Å². The van der Waals surface area contributed by atoms with E-state index in [0.717, 1.165) is 11.1 Å². The van der Waals surface area contributed by atoms with E-state index in [4.69, 9.17) is 14.3 Å². The lowest BCUT2D eigenvalue weighted by Gasteiger charge is -2.18. The minimum Gasteiger partial charge on any atom is -0.497 e. The topological polar surface area (TPSA) is 77.4 Å². The Labute approximate surface area is 162 Å². The van der Waals surface area contributed by atoms with Crippen LogP contribution >= 0.6 is 0 Å². The second-order valence-corrected chi connectivity index (χ2v) is 6.85. The number of anilines is 1. The number of benzene rings is 2. The molecule has 144 valence electrons. The van der Waals surface area contributed by atoms with Crippen LogP contribution in [0.3, 0.4) is 0 Å². The van der Waals surface area contributed by atoms with Crippen molar-refractivity contribution in [3.8, 4) is 11.5 Å². The predicted molar refractivity (Wildman–Crippen MR) is 103 cm³/mol. The molecule has 0 spiro atoms. The quantitative estimate of drug-likeness (QED) is 0.762. The first kappa shape index (κ1) is 18.0. The van der Waals surface area contributed by atoms with Gasteiger partial charge in [-0.05, 0) is 43.7 Å². The lowest BCUT2D eigenvalue weighted by Crippen LogP contribution is -2.33. The molecule has 7 heteroatoms. The van der Waals surface area contributed by atoms with Crippen molar-refractivity contribution in [2.24, 2.45) is 11.1 Å². The Hall–Kier alpha value is -3.35. The third kappa shape index (κ3) is 2.62. The van der Waals surface area contributed by atoms with Crippen molar-refractivity contribution < 1.29 is 23.9 Å². The van der Waals surface area contributed by atoms with Crippen LogP contribution in [-0.4, -0.2) is 37.8 Å². The summed E-state index contributed by atoms with van der Waals surface area (Å²) in [6, 6.07) is 10.8. The minimum absolute atomic E-state index is 0.358. The third-order valence-electron chi connectivity index (χ3n) is 5.09. The number of hydrogen-bond acceptors (Lipinski definition) is 6. The van der Waals surface area contributed by atoms with Gasteiger partial charge in [-0.25, -0.2) is 4.90 Å². The van der Waals surface area contributed by atoms with E-state index in [0.29, 0.717) is 28.5 Å². The summed E-state index contributed by atoms with van der Waals surface area (Å²) in [4.78, 5) is 32.8. The molecule has 2 heterocycles. The van der Waals surface area contributed by atoms with Crippen LogP contribution in [0.1, 0.15) is 16.7 Å². The molecule has 2 amide bonds.